The van der Waals surface area contributed by atoms with Crippen LogP contribution in [0.4, 0.5) is 5.69 Å². The molecule has 0 aliphatic rings. The zero-order valence-electron chi connectivity index (χ0n) is 18.2. The van der Waals surface area contributed by atoms with E-state index in [2.05, 4.69) is 10.3 Å². The van der Waals surface area contributed by atoms with Crippen LogP contribution in [-0.4, -0.2) is 28.4 Å². The Morgan fingerprint density at radius 1 is 1.06 bits per heavy atom. The molecule has 5 aromatic rings. The van der Waals surface area contributed by atoms with Crippen molar-refractivity contribution in [3.8, 4) is 0 Å². The Kier molecular flexibility index (Phi) is 5.43. The summed E-state index contributed by atoms with van der Waals surface area (Å²) in [5, 5.41) is 3.51. The van der Waals surface area contributed by atoms with E-state index in [1.807, 2.05) is 18.2 Å². The van der Waals surface area contributed by atoms with Crippen molar-refractivity contribution < 1.29 is 18.4 Å². The second kappa shape index (κ2) is 8.70. The molecule has 0 fully saturated rings. The molecule has 0 aliphatic carbocycles. The van der Waals surface area contributed by atoms with Crippen LogP contribution in [0.2, 0.25) is 0 Å². The molecule has 1 N–H and O–H groups in total. The summed E-state index contributed by atoms with van der Waals surface area (Å²) in [6.07, 6.45) is 2.86. The number of carbonyl (C=O) groups is 2. The van der Waals surface area contributed by atoms with Gasteiger partial charge in [0.1, 0.15) is 23.4 Å². The lowest BCUT2D eigenvalue weighted by Crippen LogP contribution is -2.35. The number of likely N-dealkylation sites (N-methyl/N-ethyl adjacent to an activating group) is 1. The maximum Gasteiger partial charge on any atom is 0.297 e. The fourth-order valence-corrected chi connectivity index (χ4v) is 3.75. The van der Waals surface area contributed by atoms with Gasteiger partial charge < -0.3 is 19.1 Å². The average Bonchev–Trinajstić information content (AvgIpc) is 3.52. The third-order valence-corrected chi connectivity index (χ3v) is 5.54. The minimum atomic E-state index is -0.451. The maximum absolute atomic E-state index is 13.1. The van der Waals surface area contributed by atoms with E-state index >= 15 is 0 Å². The van der Waals surface area contributed by atoms with Crippen molar-refractivity contribution >= 4 is 39.6 Å². The molecule has 2 aromatic carbocycles. The number of aromatic nitrogens is 2. The fraction of sp³-hybridized carbons (Fsp3) is 0.120. The molecule has 9 nitrogen and oxygen atoms in total. The van der Waals surface area contributed by atoms with Gasteiger partial charge in [-0.05, 0) is 36.4 Å². The van der Waals surface area contributed by atoms with Crippen LogP contribution in [0.5, 0.6) is 0 Å². The van der Waals surface area contributed by atoms with Crippen LogP contribution in [0.25, 0.3) is 22.1 Å². The lowest BCUT2D eigenvalue weighted by atomic mass is 10.1. The minimum absolute atomic E-state index is 0.0943. The first-order valence-corrected chi connectivity index (χ1v) is 10.6. The molecule has 0 bridgehead atoms. The predicted molar refractivity (Wildman–Crippen MR) is 126 cm³/mol. The van der Waals surface area contributed by atoms with Crippen LogP contribution >= 0.6 is 0 Å². The number of nitrogens with one attached hydrogen (secondary N) is 1. The first-order chi connectivity index (χ1) is 16.5. The Hall–Kier alpha value is -4.66. The van der Waals surface area contributed by atoms with Crippen LogP contribution in [-0.2, 0) is 17.9 Å². The molecule has 9 heteroatoms. The molecule has 3 aromatic heterocycles. The molecule has 0 aliphatic heterocycles. The first kappa shape index (κ1) is 21.2. The molecule has 0 unspecified atom stereocenters. The van der Waals surface area contributed by atoms with Crippen molar-refractivity contribution in [2.24, 2.45) is 0 Å². The van der Waals surface area contributed by atoms with Crippen molar-refractivity contribution in [1.29, 1.82) is 0 Å². The van der Waals surface area contributed by atoms with Gasteiger partial charge in [0, 0.05) is 12.4 Å². The average molecular weight is 456 g/mol. The van der Waals surface area contributed by atoms with Gasteiger partial charge in [0.15, 0.2) is 0 Å². The zero-order valence-corrected chi connectivity index (χ0v) is 18.2. The van der Waals surface area contributed by atoms with Crippen molar-refractivity contribution in [2.75, 3.05) is 11.9 Å². The Bertz CT molecular complexity index is 1570. The number of hydrogen-bond donors (Lipinski definition) is 1. The van der Waals surface area contributed by atoms with Gasteiger partial charge in [0.05, 0.1) is 30.4 Å². The van der Waals surface area contributed by atoms with E-state index in [0.29, 0.717) is 28.1 Å². The SMILES string of the molecule is CN(C(=O)Cn1cnc2c(oc3ccccc32)c1=O)c1ccccc1C(=O)NCc1ccco1. The normalized spacial score (nSPS) is 11.1. The second-order valence-electron chi connectivity index (χ2n) is 7.69. The van der Waals surface area contributed by atoms with Crippen molar-refractivity contribution in [1.82, 2.24) is 14.9 Å². The van der Waals surface area contributed by atoms with Crippen LogP contribution in [0.3, 0.4) is 0 Å². The molecule has 5 rings (SSSR count). The van der Waals surface area contributed by atoms with E-state index in [0.717, 1.165) is 5.39 Å². The molecular formula is C25H20N4O5. The lowest BCUT2D eigenvalue weighted by molar-refractivity contribution is -0.118. The Morgan fingerprint density at radius 3 is 2.68 bits per heavy atom. The summed E-state index contributed by atoms with van der Waals surface area (Å²) in [7, 11) is 1.55. The molecule has 3 heterocycles. The number of anilines is 1. The highest BCUT2D eigenvalue weighted by atomic mass is 16.3. The van der Waals surface area contributed by atoms with Gasteiger partial charge in [-0.2, -0.15) is 0 Å². The first-order valence-electron chi connectivity index (χ1n) is 10.6. The van der Waals surface area contributed by atoms with Gasteiger partial charge in [0.25, 0.3) is 11.5 Å². The standard InChI is InChI=1S/C25H20N4O5/c1-28(19-10-4-2-8-17(19)24(31)26-13-16-7-6-12-33-16)21(30)14-29-15-27-22-18-9-3-5-11-20(18)34-23(22)25(29)32/h2-12,15H,13-14H2,1H3,(H,26,31). The summed E-state index contributed by atoms with van der Waals surface area (Å²) in [6.45, 7) is -0.0475. The van der Waals surface area contributed by atoms with Crippen LogP contribution in [0, 0.1) is 0 Å². The fourth-order valence-electron chi connectivity index (χ4n) is 3.75. The molecule has 2 amide bonds. The lowest BCUT2D eigenvalue weighted by Gasteiger charge is -2.20. The highest BCUT2D eigenvalue weighted by Crippen LogP contribution is 2.24. The molecule has 0 saturated carbocycles. The van der Waals surface area contributed by atoms with Crippen molar-refractivity contribution in [2.45, 2.75) is 13.1 Å². The highest BCUT2D eigenvalue weighted by molar-refractivity contribution is 6.05. The van der Waals surface area contributed by atoms with E-state index in [1.165, 1.54) is 22.1 Å². The monoisotopic (exact) mass is 456 g/mol. The van der Waals surface area contributed by atoms with E-state index in [-0.39, 0.29) is 24.6 Å². The van der Waals surface area contributed by atoms with Gasteiger partial charge >= 0.3 is 0 Å². The second-order valence-corrected chi connectivity index (χ2v) is 7.69. The van der Waals surface area contributed by atoms with E-state index in [1.54, 1.807) is 49.5 Å². The van der Waals surface area contributed by atoms with Gasteiger partial charge in [-0.3, -0.25) is 19.0 Å². The molecule has 34 heavy (non-hydrogen) atoms. The number of fused-ring (bicyclic) bond motifs is 3. The van der Waals surface area contributed by atoms with Gasteiger partial charge in [-0.15, -0.1) is 0 Å². The topological polar surface area (TPSA) is 111 Å². The quantitative estimate of drug-likeness (QED) is 0.420. The van der Waals surface area contributed by atoms with E-state index in [4.69, 9.17) is 8.83 Å². The number of benzene rings is 2. The number of carbonyl (C=O) groups excluding carboxylic acids is 2. The summed E-state index contributed by atoms with van der Waals surface area (Å²) in [4.78, 5) is 44.4. The highest BCUT2D eigenvalue weighted by Gasteiger charge is 2.20. The number of nitrogens with zero attached hydrogens (tertiary/aromatic N) is 3. The number of amides is 2. The van der Waals surface area contributed by atoms with Gasteiger partial charge in [-0.1, -0.05) is 24.3 Å². The molecule has 170 valence electrons. The molecular weight excluding hydrogens is 436 g/mol. The van der Waals surface area contributed by atoms with Crippen LogP contribution in [0.1, 0.15) is 16.1 Å². The van der Waals surface area contributed by atoms with Crippen molar-refractivity contribution in [3.05, 3.63) is 94.9 Å². The van der Waals surface area contributed by atoms with Crippen LogP contribution < -0.4 is 15.8 Å². The largest absolute Gasteiger partial charge is 0.467 e. The Labute approximate surface area is 193 Å². The number of para-hydroxylation sites is 2. The van der Waals surface area contributed by atoms with Gasteiger partial charge in [0.2, 0.25) is 11.5 Å². The summed E-state index contributed by atoms with van der Waals surface area (Å²) in [5.41, 5.74) is 1.39. The molecule has 0 spiro atoms. The Balaban J connectivity index is 1.38. The number of furan rings is 2. The third-order valence-electron chi connectivity index (χ3n) is 5.54. The summed E-state index contributed by atoms with van der Waals surface area (Å²) >= 11 is 0. The molecule has 0 radical (unpaired) electrons. The summed E-state index contributed by atoms with van der Waals surface area (Å²) in [6, 6.07) is 17.5. The minimum Gasteiger partial charge on any atom is -0.467 e. The van der Waals surface area contributed by atoms with E-state index in [9.17, 15) is 14.4 Å². The molecule has 0 atom stereocenters. The van der Waals surface area contributed by atoms with Gasteiger partial charge in [-0.25, -0.2) is 4.98 Å². The maximum atomic E-state index is 13.1. The number of hydrogen-bond acceptors (Lipinski definition) is 6. The van der Waals surface area contributed by atoms with Crippen molar-refractivity contribution in [3.63, 3.8) is 0 Å². The molecule has 0 saturated heterocycles. The Morgan fingerprint density at radius 2 is 1.85 bits per heavy atom. The van der Waals surface area contributed by atoms with E-state index < -0.39 is 11.5 Å². The third kappa shape index (κ3) is 3.83. The number of rotatable bonds is 6. The smallest absolute Gasteiger partial charge is 0.297 e. The summed E-state index contributed by atoms with van der Waals surface area (Å²) < 4.78 is 12.1. The van der Waals surface area contributed by atoms with Crippen LogP contribution in [0.15, 0.2) is 86.9 Å². The zero-order chi connectivity index (χ0) is 23.7. The summed E-state index contributed by atoms with van der Waals surface area (Å²) in [5.74, 6) is -0.136. The predicted octanol–water partition coefficient (Wildman–Crippen LogP) is 3.33.